The van der Waals surface area contributed by atoms with Crippen LogP contribution in [0.1, 0.15) is 30.1 Å². The van der Waals surface area contributed by atoms with Crippen molar-refractivity contribution in [3.63, 3.8) is 0 Å². The monoisotopic (exact) mass is 489 g/mol. The van der Waals surface area contributed by atoms with E-state index in [4.69, 9.17) is 27.8 Å². The topological polar surface area (TPSA) is 130 Å². The lowest BCUT2D eigenvalue weighted by Gasteiger charge is -2.26. The van der Waals surface area contributed by atoms with E-state index in [0.717, 1.165) is 10.8 Å². The number of nitrogens with zero attached hydrogens (tertiary/aromatic N) is 1. The number of H-pyrrole nitrogens is 1. The molecule has 33 heavy (non-hydrogen) atoms. The second-order valence-corrected chi connectivity index (χ2v) is 9.27. The van der Waals surface area contributed by atoms with Crippen molar-refractivity contribution in [1.82, 2.24) is 9.55 Å². The summed E-state index contributed by atoms with van der Waals surface area (Å²) in [6.45, 7) is 0.473. The van der Waals surface area contributed by atoms with Gasteiger partial charge in [-0.3, -0.25) is 14.3 Å². The van der Waals surface area contributed by atoms with Crippen molar-refractivity contribution in [2.24, 2.45) is 0 Å². The van der Waals surface area contributed by atoms with Gasteiger partial charge in [-0.2, -0.15) is 13.8 Å². The van der Waals surface area contributed by atoms with Crippen LogP contribution in [0.2, 0.25) is 0 Å². The van der Waals surface area contributed by atoms with E-state index in [-0.39, 0.29) is 19.6 Å². The van der Waals surface area contributed by atoms with Crippen molar-refractivity contribution in [2.45, 2.75) is 37.8 Å². The fourth-order valence-electron chi connectivity index (χ4n) is 3.85. The summed E-state index contributed by atoms with van der Waals surface area (Å²) in [5, 5.41) is 0. The van der Waals surface area contributed by atoms with Crippen molar-refractivity contribution in [3.05, 3.63) is 68.0 Å². The molecule has 14 heteroatoms. The van der Waals surface area contributed by atoms with Gasteiger partial charge in [-0.15, -0.1) is 9.05 Å². The largest absolute Gasteiger partial charge is 0.573 e. The molecular formula is C19H20F2N2O9P+. The predicted octanol–water partition coefficient (Wildman–Crippen LogP) is 1.45. The van der Waals surface area contributed by atoms with Crippen LogP contribution in [0.3, 0.4) is 0 Å². The van der Waals surface area contributed by atoms with Crippen molar-refractivity contribution >= 4 is 8.17 Å². The Bertz CT molecular complexity index is 1150. The molecule has 0 amide bonds. The molecule has 3 saturated heterocycles. The van der Waals surface area contributed by atoms with Crippen LogP contribution in [-0.4, -0.2) is 46.5 Å². The van der Waals surface area contributed by atoms with Gasteiger partial charge in [0.25, 0.3) is 5.56 Å². The summed E-state index contributed by atoms with van der Waals surface area (Å²) in [6, 6.07) is 4.00. The number of aromatic amines is 1. The fourth-order valence-corrected chi connectivity index (χ4v) is 5.25. The van der Waals surface area contributed by atoms with E-state index >= 15 is 0 Å². The third kappa shape index (κ3) is 4.63. The van der Waals surface area contributed by atoms with Crippen LogP contribution in [0.25, 0.3) is 0 Å². The molecule has 0 aliphatic carbocycles. The molecule has 0 spiro atoms. The number of rotatable bonds is 5. The first-order valence-corrected chi connectivity index (χ1v) is 11.6. The van der Waals surface area contributed by atoms with Crippen LogP contribution >= 0.6 is 8.17 Å². The number of hydrogen-bond donors (Lipinski definition) is 2. The maximum atomic E-state index is 13.7. The standard InChI is InChI=1S/C19H19F2N2O9P/c20-11-2-1-10(12(5-11)18-27-3-4-28-18)8-29-33(26)30-9-15-14(32-33)6-16(31-15)23-7-13(21)17(24)22-19(23)25/h1-2,5,7,14-16,18,26H,3-4,6,8-9H2/p+1/t14-,15+,16+,33?/m0/s1. The summed E-state index contributed by atoms with van der Waals surface area (Å²) in [4.78, 5) is 35.9. The fraction of sp³-hybridized carbons (Fsp3) is 0.474. The quantitative estimate of drug-likeness (QED) is 0.600. The Labute approximate surface area is 185 Å². The molecule has 2 aromatic rings. The average Bonchev–Trinajstić information content (AvgIpc) is 3.45. The number of aromatic nitrogens is 2. The van der Waals surface area contributed by atoms with E-state index in [1.54, 1.807) is 0 Å². The molecule has 3 aliphatic rings. The molecule has 0 radical (unpaired) electrons. The molecule has 1 unspecified atom stereocenters. The molecule has 1 aromatic carbocycles. The average molecular weight is 489 g/mol. The van der Waals surface area contributed by atoms with E-state index in [2.05, 4.69) is 0 Å². The minimum Gasteiger partial charge on any atom is -0.349 e. The maximum absolute atomic E-state index is 13.7. The van der Waals surface area contributed by atoms with Gasteiger partial charge in [0.2, 0.25) is 5.82 Å². The summed E-state index contributed by atoms with van der Waals surface area (Å²) in [6.07, 6.45) is -2.21. The molecule has 178 valence electrons. The molecule has 4 atom stereocenters. The van der Waals surface area contributed by atoms with Gasteiger partial charge in [0.05, 0.1) is 19.4 Å². The van der Waals surface area contributed by atoms with Gasteiger partial charge in [0, 0.05) is 12.0 Å². The highest BCUT2D eigenvalue weighted by atomic mass is 31.2. The van der Waals surface area contributed by atoms with Crippen LogP contribution in [0.15, 0.2) is 34.0 Å². The summed E-state index contributed by atoms with van der Waals surface area (Å²) < 4.78 is 61.4. The lowest BCUT2D eigenvalue weighted by Crippen LogP contribution is -2.35. The van der Waals surface area contributed by atoms with Gasteiger partial charge in [-0.1, -0.05) is 6.07 Å². The van der Waals surface area contributed by atoms with Gasteiger partial charge in [0.1, 0.15) is 37.5 Å². The minimum absolute atomic E-state index is 0.0800. The summed E-state index contributed by atoms with van der Waals surface area (Å²) in [7, 11) is -3.78. The molecule has 4 heterocycles. The lowest BCUT2D eigenvalue weighted by atomic mass is 10.1. The van der Waals surface area contributed by atoms with Crippen molar-refractivity contribution < 1.29 is 41.5 Å². The van der Waals surface area contributed by atoms with E-state index in [9.17, 15) is 23.3 Å². The first-order chi connectivity index (χ1) is 15.8. The highest BCUT2D eigenvalue weighted by Crippen LogP contribution is 2.63. The zero-order valence-corrected chi connectivity index (χ0v) is 17.9. The minimum atomic E-state index is -3.78. The Hall–Kier alpha value is -2.09. The third-order valence-electron chi connectivity index (χ3n) is 5.45. The first kappa shape index (κ1) is 22.7. The maximum Gasteiger partial charge on any atom is 0.573 e. The van der Waals surface area contributed by atoms with Crippen LogP contribution < -0.4 is 11.2 Å². The second-order valence-electron chi connectivity index (χ2n) is 7.61. The Kier molecular flexibility index (Phi) is 6.14. The van der Waals surface area contributed by atoms with Crippen molar-refractivity contribution in [1.29, 1.82) is 0 Å². The van der Waals surface area contributed by atoms with Crippen LogP contribution in [0.4, 0.5) is 8.78 Å². The molecular weight excluding hydrogens is 469 g/mol. The highest BCUT2D eigenvalue weighted by molar-refractivity contribution is 7.55. The van der Waals surface area contributed by atoms with Gasteiger partial charge in [-0.25, -0.2) is 9.18 Å². The Morgan fingerprint density at radius 1 is 1.21 bits per heavy atom. The number of fused-ring (bicyclic) bond motifs is 1. The van der Waals surface area contributed by atoms with Crippen LogP contribution in [0.5, 0.6) is 0 Å². The van der Waals surface area contributed by atoms with Gasteiger partial charge >= 0.3 is 13.9 Å². The van der Waals surface area contributed by atoms with E-state index in [1.807, 2.05) is 4.98 Å². The molecule has 1 aromatic heterocycles. The highest BCUT2D eigenvalue weighted by Gasteiger charge is 2.58. The summed E-state index contributed by atoms with van der Waals surface area (Å²) in [5.41, 5.74) is -1.03. The molecule has 0 saturated carbocycles. The summed E-state index contributed by atoms with van der Waals surface area (Å²) in [5.74, 6) is -1.61. The molecule has 3 fully saturated rings. The second kappa shape index (κ2) is 8.93. The predicted molar refractivity (Wildman–Crippen MR) is 106 cm³/mol. The Morgan fingerprint density at radius 2 is 2.00 bits per heavy atom. The molecule has 11 nitrogen and oxygen atoms in total. The number of hydrogen-bond acceptors (Lipinski definition) is 9. The van der Waals surface area contributed by atoms with Gasteiger partial charge in [-0.05, 0) is 17.7 Å². The SMILES string of the molecule is O=c1[nH]c(=O)n([C@H]2C[C@@H]3O[P+](O)(OCc4ccc(F)cc4C4OCCO4)OC[C@H]3O2)cc1F. The van der Waals surface area contributed by atoms with Crippen LogP contribution in [-0.2, 0) is 34.4 Å². The number of halogens is 2. The number of nitrogens with one attached hydrogen (secondary N) is 1. The van der Waals surface area contributed by atoms with Gasteiger partial charge in [0.15, 0.2) is 6.29 Å². The molecule has 3 aliphatic heterocycles. The molecule has 5 rings (SSSR count). The lowest BCUT2D eigenvalue weighted by molar-refractivity contribution is -0.0832. The van der Waals surface area contributed by atoms with Crippen LogP contribution in [0, 0.1) is 11.6 Å². The first-order valence-electron chi connectivity index (χ1n) is 10.1. The van der Waals surface area contributed by atoms with E-state index in [0.29, 0.717) is 24.3 Å². The smallest absolute Gasteiger partial charge is 0.349 e. The number of benzene rings is 1. The Balaban J connectivity index is 1.27. The summed E-state index contributed by atoms with van der Waals surface area (Å²) >= 11 is 0. The third-order valence-corrected chi connectivity index (χ3v) is 6.92. The van der Waals surface area contributed by atoms with Crippen molar-refractivity contribution in [3.8, 4) is 0 Å². The molecule has 2 N–H and O–H groups in total. The van der Waals surface area contributed by atoms with Gasteiger partial charge < -0.3 is 14.2 Å². The normalized spacial score (nSPS) is 30.0. The van der Waals surface area contributed by atoms with Crippen molar-refractivity contribution in [2.75, 3.05) is 19.8 Å². The van der Waals surface area contributed by atoms with E-state index in [1.165, 1.54) is 18.2 Å². The Morgan fingerprint density at radius 3 is 2.79 bits per heavy atom. The zero-order chi connectivity index (χ0) is 23.2. The zero-order valence-electron chi connectivity index (χ0n) is 17.0. The number of ether oxygens (including phenoxy) is 3. The van der Waals surface area contributed by atoms with E-state index < -0.39 is 55.8 Å². The molecule has 0 bridgehead atoms.